The summed E-state index contributed by atoms with van der Waals surface area (Å²) in [7, 11) is 1.84. The lowest BCUT2D eigenvalue weighted by atomic mass is 9.87. The van der Waals surface area contributed by atoms with E-state index in [-0.39, 0.29) is 5.92 Å². The number of nitrogens with zero attached hydrogens (tertiary/aromatic N) is 3. The van der Waals surface area contributed by atoms with Crippen molar-refractivity contribution in [2.75, 3.05) is 6.61 Å². The molecule has 1 aliphatic heterocycles. The lowest BCUT2D eigenvalue weighted by molar-refractivity contribution is 0.114. The Morgan fingerprint density at radius 2 is 2.32 bits per heavy atom. The van der Waals surface area contributed by atoms with Crippen LogP contribution in [-0.4, -0.2) is 32.6 Å². The van der Waals surface area contributed by atoms with Crippen LogP contribution in [0.25, 0.3) is 0 Å². The molecule has 1 aromatic heterocycles. The molecule has 5 heteroatoms. The van der Waals surface area contributed by atoms with E-state index in [9.17, 15) is 5.11 Å². The molecule has 0 saturated carbocycles. The highest BCUT2D eigenvalue weighted by atomic mass is 16.5. The highest BCUT2D eigenvalue weighted by Gasteiger charge is 2.28. The van der Waals surface area contributed by atoms with E-state index < -0.39 is 6.10 Å². The van der Waals surface area contributed by atoms with Crippen LogP contribution < -0.4 is 4.74 Å². The summed E-state index contributed by atoms with van der Waals surface area (Å²) in [6, 6.07) is 7.92. The Balaban J connectivity index is 1.81. The van der Waals surface area contributed by atoms with Crippen molar-refractivity contribution in [3.63, 3.8) is 0 Å². The second-order valence-corrected chi connectivity index (χ2v) is 4.85. The molecule has 5 nitrogen and oxygen atoms in total. The van der Waals surface area contributed by atoms with Crippen molar-refractivity contribution in [1.29, 1.82) is 0 Å². The first-order chi connectivity index (χ1) is 9.25. The van der Waals surface area contributed by atoms with Crippen molar-refractivity contribution in [2.24, 2.45) is 7.05 Å². The maximum atomic E-state index is 10.5. The molecule has 3 rings (SSSR count). The van der Waals surface area contributed by atoms with Gasteiger partial charge in [0.2, 0.25) is 0 Å². The van der Waals surface area contributed by atoms with Crippen LogP contribution in [0.2, 0.25) is 0 Å². The fourth-order valence-corrected chi connectivity index (χ4v) is 2.60. The highest BCUT2D eigenvalue weighted by Crippen LogP contribution is 2.36. The Morgan fingerprint density at radius 1 is 1.47 bits per heavy atom. The second-order valence-electron chi connectivity index (χ2n) is 4.85. The van der Waals surface area contributed by atoms with Crippen molar-refractivity contribution < 1.29 is 9.84 Å². The zero-order valence-corrected chi connectivity index (χ0v) is 10.9. The average Bonchev–Trinajstić information content (AvgIpc) is 2.83. The molecule has 0 saturated heterocycles. The Morgan fingerprint density at radius 3 is 3.11 bits per heavy atom. The first-order valence-corrected chi connectivity index (χ1v) is 6.48. The van der Waals surface area contributed by atoms with Gasteiger partial charge in [-0.1, -0.05) is 18.2 Å². The van der Waals surface area contributed by atoms with Crippen LogP contribution in [0.5, 0.6) is 5.75 Å². The smallest absolute Gasteiger partial charge is 0.138 e. The number of para-hydroxylation sites is 1. The van der Waals surface area contributed by atoms with Gasteiger partial charge in [-0.2, -0.15) is 5.10 Å². The quantitative estimate of drug-likeness (QED) is 0.902. The van der Waals surface area contributed by atoms with Crippen molar-refractivity contribution >= 4 is 0 Å². The minimum absolute atomic E-state index is 0.0987. The maximum absolute atomic E-state index is 10.5. The topological polar surface area (TPSA) is 60.2 Å². The van der Waals surface area contributed by atoms with Crippen LogP contribution in [0.15, 0.2) is 30.6 Å². The van der Waals surface area contributed by atoms with Gasteiger partial charge in [0, 0.05) is 19.4 Å². The number of hydrogen-bond acceptors (Lipinski definition) is 4. The highest BCUT2D eigenvalue weighted by molar-refractivity contribution is 5.38. The summed E-state index contributed by atoms with van der Waals surface area (Å²) in [5.41, 5.74) is 1.09. The second kappa shape index (κ2) is 5.01. The molecule has 2 heterocycles. The SMILES string of the molecule is Cn1ncnc1CC(O)C1CCOc2ccccc21. The first kappa shape index (κ1) is 12.2. The molecule has 1 aliphatic rings. The number of fused-ring (bicyclic) bond motifs is 1. The van der Waals surface area contributed by atoms with Gasteiger partial charge in [0.05, 0.1) is 12.7 Å². The van der Waals surface area contributed by atoms with Crippen molar-refractivity contribution in [3.05, 3.63) is 42.0 Å². The number of ether oxygens (including phenoxy) is 1. The van der Waals surface area contributed by atoms with E-state index in [4.69, 9.17) is 4.74 Å². The Kier molecular flexibility index (Phi) is 3.21. The number of hydrogen-bond donors (Lipinski definition) is 1. The van der Waals surface area contributed by atoms with Crippen molar-refractivity contribution in [1.82, 2.24) is 14.8 Å². The molecule has 2 aromatic rings. The zero-order valence-electron chi connectivity index (χ0n) is 10.9. The Labute approximate surface area is 111 Å². The number of aryl methyl sites for hydroxylation is 1. The minimum Gasteiger partial charge on any atom is -0.493 e. The Hall–Kier alpha value is -1.88. The average molecular weight is 259 g/mol. The van der Waals surface area contributed by atoms with Gasteiger partial charge in [0.25, 0.3) is 0 Å². The molecule has 0 amide bonds. The van der Waals surface area contributed by atoms with E-state index in [0.717, 1.165) is 23.6 Å². The maximum Gasteiger partial charge on any atom is 0.138 e. The molecule has 19 heavy (non-hydrogen) atoms. The molecule has 0 radical (unpaired) electrons. The fourth-order valence-electron chi connectivity index (χ4n) is 2.60. The van der Waals surface area contributed by atoms with Crippen molar-refractivity contribution in [3.8, 4) is 5.75 Å². The summed E-state index contributed by atoms with van der Waals surface area (Å²) in [6.07, 6.45) is 2.39. The normalized spacial score (nSPS) is 19.6. The molecule has 2 unspecified atom stereocenters. The van der Waals surface area contributed by atoms with E-state index in [1.807, 2.05) is 31.3 Å². The predicted molar refractivity (Wildman–Crippen MR) is 70.0 cm³/mol. The summed E-state index contributed by atoms with van der Waals surface area (Å²) in [4.78, 5) is 4.17. The lowest BCUT2D eigenvalue weighted by Crippen LogP contribution is -2.27. The van der Waals surface area contributed by atoms with Gasteiger partial charge >= 0.3 is 0 Å². The van der Waals surface area contributed by atoms with Crippen LogP contribution in [-0.2, 0) is 13.5 Å². The summed E-state index contributed by atoms with van der Waals surface area (Å²) in [5, 5.41) is 14.5. The van der Waals surface area contributed by atoms with Gasteiger partial charge in [-0.05, 0) is 18.1 Å². The minimum atomic E-state index is -0.465. The van der Waals surface area contributed by atoms with Gasteiger partial charge in [0.15, 0.2) is 0 Å². The third kappa shape index (κ3) is 2.33. The largest absolute Gasteiger partial charge is 0.493 e. The number of aromatic nitrogens is 3. The molecule has 0 spiro atoms. The first-order valence-electron chi connectivity index (χ1n) is 6.48. The number of benzene rings is 1. The molecular formula is C14H17N3O2. The molecule has 2 atom stereocenters. The van der Waals surface area contributed by atoms with Crippen LogP contribution in [0.3, 0.4) is 0 Å². The van der Waals surface area contributed by atoms with Crippen molar-refractivity contribution in [2.45, 2.75) is 24.9 Å². The molecule has 0 aliphatic carbocycles. The molecule has 100 valence electrons. The predicted octanol–water partition coefficient (Wildman–Crippen LogP) is 1.28. The summed E-state index contributed by atoms with van der Waals surface area (Å²) in [6.45, 7) is 0.650. The standard InChI is InChI=1S/C14H17N3O2/c1-17-14(15-9-16-17)8-12(18)10-6-7-19-13-5-3-2-4-11(10)13/h2-5,9-10,12,18H,6-8H2,1H3. The van der Waals surface area contributed by atoms with Gasteiger partial charge in [-0.3, -0.25) is 4.68 Å². The van der Waals surface area contributed by atoms with E-state index in [1.54, 1.807) is 4.68 Å². The summed E-state index contributed by atoms with van der Waals surface area (Å²) < 4.78 is 7.32. The number of aliphatic hydroxyl groups excluding tert-OH is 1. The van der Waals surface area contributed by atoms with E-state index in [0.29, 0.717) is 13.0 Å². The number of aliphatic hydroxyl groups is 1. The third-order valence-electron chi connectivity index (χ3n) is 3.67. The summed E-state index contributed by atoms with van der Waals surface area (Å²) >= 11 is 0. The van der Waals surface area contributed by atoms with E-state index in [2.05, 4.69) is 10.1 Å². The molecular weight excluding hydrogens is 242 g/mol. The van der Waals surface area contributed by atoms with Gasteiger partial charge < -0.3 is 9.84 Å². The monoisotopic (exact) mass is 259 g/mol. The van der Waals surface area contributed by atoms with E-state index >= 15 is 0 Å². The van der Waals surface area contributed by atoms with Gasteiger partial charge in [0.1, 0.15) is 17.9 Å². The van der Waals surface area contributed by atoms with Crippen LogP contribution in [0, 0.1) is 0 Å². The van der Waals surface area contributed by atoms with Crippen LogP contribution in [0.4, 0.5) is 0 Å². The van der Waals surface area contributed by atoms with Gasteiger partial charge in [-0.25, -0.2) is 4.98 Å². The molecule has 1 N–H and O–H groups in total. The van der Waals surface area contributed by atoms with E-state index in [1.165, 1.54) is 6.33 Å². The molecule has 1 aromatic carbocycles. The zero-order chi connectivity index (χ0) is 13.2. The van der Waals surface area contributed by atoms with Gasteiger partial charge in [-0.15, -0.1) is 0 Å². The Bertz CT molecular complexity index is 567. The van der Waals surface area contributed by atoms with Crippen LogP contribution >= 0.6 is 0 Å². The number of rotatable bonds is 3. The molecule has 0 bridgehead atoms. The summed E-state index contributed by atoms with van der Waals surface area (Å²) in [5.74, 6) is 1.79. The molecule has 0 fully saturated rings. The fraction of sp³-hybridized carbons (Fsp3) is 0.429. The lowest BCUT2D eigenvalue weighted by Gasteiger charge is -2.29. The van der Waals surface area contributed by atoms with Crippen LogP contribution in [0.1, 0.15) is 23.7 Å². The third-order valence-corrected chi connectivity index (χ3v) is 3.67.